The summed E-state index contributed by atoms with van der Waals surface area (Å²) in [6.07, 6.45) is 4.66. The molecule has 0 aliphatic carbocycles. The molecule has 2 fully saturated rings. The van der Waals surface area contributed by atoms with Crippen molar-refractivity contribution in [2.24, 2.45) is 11.8 Å². The second kappa shape index (κ2) is 6.16. The first-order valence-corrected chi connectivity index (χ1v) is 9.37. The third-order valence-corrected chi connectivity index (χ3v) is 6.63. The summed E-state index contributed by atoms with van der Waals surface area (Å²) in [5, 5.41) is 3.28. The predicted molar refractivity (Wildman–Crippen MR) is 87.7 cm³/mol. The van der Waals surface area contributed by atoms with E-state index in [0.29, 0.717) is 0 Å². The number of likely N-dealkylation sites (tertiary alicyclic amines) is 1. The Labute approximate surface area is 133 Å². The Morgan fingerprint density at radius 2 is 2.33 bits per heavy atom. The molecule has 2 unspecified atom stereocenters. The maximum absolute atomic E-state index is 5.54. The van der Waals surface area contributed by atoms with Crippen LogP contribution < -0.4 is 0 Å². The van der Waals surface area contributed by atoms with E-state index in [1.165, 1.54) is 40.7 Å². The van der Waals surface area contributed by atoms with E-state index in [1.54, 1.807) is 11.3 Å². The second-order valence-corrected chi connectivity index (χ2v) is 8.08. The zero-order valence-electron chi connectivity index (χ0n) is 12.0. The molecule has 2 saturated heterocycles. The molecule has 0 N–H and O–H groups in total. The molecule has 2 aromatic rings. The average Bonchev–Trinajstić information content (AvgIpc) is 3.28. The first-order chi connectivity index (χ1) is 10.4. The zero-order valence-corrected chi connectivity index (χ0v) is 13.7. The fourth-order valence-corrected chi connectivity index (χ4v) is 5.19. The van der Waals surface area contributed by atoms with Gasteiger partial charge in [-0.25, -0.2) is 4.98 Å². The van der Waals surface area contributed by atoms with Crippen LogP contribution in [0, 0.1) is 11.8 Å². The van der Waals surface area contributed by atoms with Crippen molar-refractivity contribution in [3.8, 4) is 9.88 Å². The van der Waals surface area contributed by atoms with Gasteiger partial charge in [0.15, 0.2) is 0 Å². The lowest BCUT2D eigenvalue weighted by Gasteiger charge is -2.18. The van der Waals surface area contributed by atoms with E-state index in [0.717, 1.165) is 31.6 Å². The summed E-state index contributed by atoms with van der Waals surface area (Å²) in [4.78, 5) is 9.85. The molecule has 2 aliphatic rings. The fourth-order valence-electron chi connectivity index (χ4n) is 3.43. The summed E-state index contributed by atoms with van der Waals surface area (Å²) < 4.78 is 5.54. The van der Waals surface area contributed by atoms with E-state index in [4.69, 9.17) is 4.74 Å². The highest BCUT2D eigenvalue weighted by atomic mass is 32.1. The molecule has 0 saturated carbocycles. The molecule has 0 bridgehead atoms. The van der Waals surface area contributed by atoms with Crippen LogP contribution in [0.4, 0.5) is 0 Å². The van der Waals surface area contributed by atoms with E-state index in [9.17, 15) is 0 Å². The Kier molecular flexibility index (Phi) is 4.07. The lowest BCUT2D eigenvalue weighted by Crippen LogP contribution is -2.22. The quantitative estimate of drug-likeness (QED) is 0.858. The molecule has 21 heavy (non-hydrogen) atoms. The molecule has 4 heterocycles. The van der Waals surface area contributed by atoms with Crippen LogP contribution in [0.15, 0.2) is 23.7 Å². The Bertz CT molecular complexity index is 575. The maximum atomic E-state index is 5.54. The van der Waals surface area contributed by atoms with Crippen LogP contribution in [0.3, 0.4) is 0 Å². The molecule has 2 atom stereocenters. The van der Waals surface area contributed by atoms with Crippen molar-refractivity contribution in [1.29, 1.82) is 0 Å². The van der Waals surface area contributed by atoms with Crippen molar-refractivity contribution in [2.75, 3.05) is 26.3 Å². The standard InChI is InChI=1S/C16H20N2OS2/c1-2-15(20-7-1)16-17-8-14(21-16)10-18-5-3-12(9-18)13-4-6-19-11-13/h1-2,7-8,12-13H,3-6,9-11H2. The van der Waals surface area contributed by atoms with E-state index in [1.807, 2.05) is 11.3 Å². The number of nitrogens with zero attached hydrogens (tertiary/aromatic N) is 2. The van der Waals surface area contributed by atoms with Crippen LogP contribution in [0.1, 0.15) is 17.7 Å². The molecule has 0 amide bonds. The first-order valence-electron chi connectivity index (χ1n) is 7.67. The highest BCUT2D eigenvalue weighted by Gasteiger charge is 2.31. The smallest absolute Gasteiger partial charge is 0.133 e. The summed E-state index contributed by atoms with van der Waals surface area (Å²) in [7, 11) is 0. The van der Waals surface area contributed by atoms with Crippen molar-refractivity contribution >= 4 is 22.7 Å². The largest absolute Gasteiger partial charge is 0.381 e. The number of thiophene rings is 1. The minimum Gasteiger partial charge on any atom is -0.381 e. The van der Waals surface area contributed by atoms with E-state index >= 15 is 0 Å². The normalized spacial score (nSPS) is 26.7. The minimum absolute atomic E-state index is 0.804. The minimum atomic E-state index is 0.804. The summed E-state index contributed by atoms with van der Waals surface area (Å²) in [6, 6.07) is 4.25. The number of hydrogen-bond acceptors (Lipinski definition) is 5. The highest BCUT2D eigenvalue weighted by Crippen LogP contribution is 2.33. The number of ether oxygens (including phenoxy) is 1. The molecular weight excluding hydrogens is 300 g/mol. The molecule has 112 valence electrons. The molecule has 0 aromatic carbocycles. The van der Waals surface area contributed by atoms with Crippen LogP contribution in [-0.4, -0.2) is 36.2 Å². The Hall–Kier alpha value is -0.750. The van der Waals surface area contributed by atoms with Gasteiger partial charge in [0.1, 0.15) is 5.01 Å². The van der Waals surface area contributed by atoms with Crippen molar-refractivity contribution in [2.45, 2.75) is 19.4 Å². The van der Waals surface area contributed by atoms with Gasteiger partial charge in [-0.15, -0.1) is 22.7 Å². The summed E-state index contributed by atoms with van der Waals surface area (Å²) in [5.74, 6) is 1.65. The van der Waals surface area contributed by atoms with Gasteiger partial charge >= 0.3 is 0 Å². The van der Waals surface area contributed by atoms with Crippen LogP contribution >= 0.6 is 22.7 Å². The summed E-state index contributed by atoms with van der Waals surface area (Å²) in [6.45, 7) is 5.49. The Morgan fingerprint density at radius 1 is 1.33 bits per heavy atom. The van der Waals surface area contributed by atoms with Crippen LogP contribution in [-0.2, 0) is 11.3 Å². The van der Waals surface area contributed by atoms with Gasteiger partial charge in [-0.1, -0.05) is 6.07 Å². The van der Waals surface area contributed by atoms with Crippen molar-refractivity contribution in [3.05, 3.63) is 28.6 Å². The van der Waals surface area contributed by atoms with Gasteiger partial charge in [-0.3, -0.25) is 4.90 Å². The average molecular weight is 320 g/mol. The molecular formula is C16H20N2OS2. The summed E-state index contributed by atoms with van der Waals surface area (Å²) in [5.41, 5.74) is 0. The van der Waals surface area contributed by atoms with Gasteiger partial charge in [0.2, 0.25) is 0 Å². The van der Waals surface area contributed by atoms with Crippen molar-refractivity contribution in [1.82, 2.24) is 9.88 Å². The lowest BCUT2D eigenvalue weighted by molar-refractivity contribution is 0.171. The zero-order chi connectivity index (χ0) is 14.1. The number of rotatable bonds is 4. The van der Waals surface area contributed by atoms with Crippen molar-refractivity contribution in [3.63, 3.8) is 0 Å². The van der Waals surface area contributed by atoms with E-state index < -0.39 is 0 Å². The number of aromatic nitrogens is 1. The van der Waals surface area contributed by atoms with Crippen LogP contribution in [0.2, 0.25) is 0 Å². The molecule has 0 spiro atoms. The lowest BCUT2D eigenvalue weighted by atomic mass is 9.91. The first kappa shape index (κ1) is 13.9. The van der Waals surface area contributed by atoms with Gasteiger partial charge in [-0.2, -0.15) is 0 Å². The molecule has 2 aliphatic heterocycles. The second-order valence-electron chi connectivity index (χ2n) is 6.02. The third-order valence-electron chi connectivity index (χ3n) is 4.61. The van der Waals surface area contributed by atoms with E-state index in [-0.39, 0.29) is 0 Å². The van der Waals surface area contributed by atoms with Crippen LogP contribution in [0.25, 0.3) is 9.88 Å². The monoisotopic (exact) mass is 320 g/mol. The molecule has 4 rings (SSSR count). The molecule has 0 radical (unpaired) electrons. The maximum Gasteiger partial charge on any atom is 0.133 e. The van der Waals surface area contributed by atoms with E-state index in [2.05, 4.69) is 33.6 Å². The molecule has 5 heteroatoms. The highest BCUT2D eigenvalue weighted by molar-refractivity contribution is 7.20. The van der Waals surface area contributed by atoms with Gasteiger partial charge in [0.25, 0.3) is 0 Å². The third kappa shape index (κ3) is 3.06. The van der Waals surface area contributed by atoms with Gasteiger partial charge in [0.05, 0.1) is 4.88 Å². The topological polar surface area (TPSA) is 25.4 Å². The predicted octanol–water partition coefficient (Wildman–Crippen LogP) is 3.73. The molecule has 2 aromatic heterocycles. The molecule has 3 nitrogen and oxygen atoms in total. The number of hydrogen-bond donors (Lipinski definition) is 0. The number of thiazole rings is 1. The summed E-state index contributed by atoms with van der Waals surface area (Å²) >= 11 is 3.61. The van der Waals surface area contributed by atoms with Gasteiger partial charge in [0, 0.05) is 37.4 Å². The van der Waals surface area contributed by atoms with Crippen molar-refractivity contribution < 1.29 is 4.74 Å². The van der Waals surface area contributed by atoms with Gasteiger partial charge < -0.3 is 4.74 Å². The Morgan fingerprint density at radius 3 is 3.14 bits per heavy atom. The van der Waals surface area contributed by atoms with Gasteiger partial charge in [-0.05, 0) is 42.7 Å². The SMILES string of the molecule is c1csc(-c2ncc(CN3CCC(C4CCOC4)C3)s2)c1. The van der Waals surface area contributed by atoms with Crippen LogP contribution in [0.5, 0.6) is 0 Å². The Balaban J connectivity index is 1.36. The fraction of sp³-hybridized carbons (Fsp3) is 0.562.